The summed E-state index contributed by atoms with van der Waals surface area (Å²) in [6, 6.07) is 19.7. The first-order valence-corrected chi connectivity index (χ1v) is 8.41. The first-order chi connectivity index (χ1) is 13.1. The number of methoxy groups -OCH3 is 1. The highest BCUT2D eigenvalue weighted by molar-refractivity contribution is 5.95. The van der Waals surface area contributed by atoms with Crippen molar-refractivity contribution in [3.63, 3.8) is 0 Å². The molecule has 0 aliphatic carbocycles. The minimum atomic E-state index is -0.507. The van der Waals surface area contributed by atoms with Gasteiger partial charge in [-0.25, -0.2) is 9.59 Å². The first kappa shape index (κ1) is 16.8. The van der Waals surface area contributed by atoms with E-state index in [9.17, 15) is 9.59 Å². The molecule has 0 unspecified atom stereocenters. The fraction of sp³-hybridized carbons (Fsp3) is 0.0909. The van der Waals surface area contributed by atoms with Gasteiger partial charge in [0, 0.05) is 23.1 Å². The van der Waals surface area contributed by atoms with Gasteiger partial charge >= 0.3 is 11.6 Å². The summed E-state index contributed by atoms with van der Waals surface area (Å²) in [6.07, 6.45) is 0. The third kappa shape index (κ3) is 3.40. The number of carbonyl (C=O) groups is 1. The minimum Gasteiger partial charge on any atom is -0.497 e. The molecular weight excluding hydrogens is 344 g/mol. The van der Waals surface area contributed by atoms with Gasteiger partial charge < -0.3 is 13.9 Å². The van der Waals surface area contributed by atoms with E-state index in [0.717, 1.165) is 10.8 Å². The molecule has 0 N–H and O–H groups in total. The molecule has 4 rings (SSSR count). The lowest BCUT2D eigenvalue weighted by Gasteiger charge is -2.09. The predicted molar refractivity (Wildman–Crippen MR) is 102 cm³/mol. The van der Waals surface area contributed by atoms with Crippen LogP contribution in [0.2, 0.25) is 0 Å². The van der Waals surface area contributed by atoms with Gasteiger partial charge in [-0.3, -0.25) is 0 Å². The highest BCUT2D eigenvalue weighted by Crippen LogP contribution is 2.23. The van der Waals surface area contributed by atoms with Crippen LogP contribution in [0.4, 0.5) is 0 Å². The van der Waals surface area contributed by atoms with Crippen molar-refractivity contribution in [1.29, 1.82) is 0 Å². The fourth-order valence-electron chi connectivity index (χ4n) is 3.00. The molecule has 1 heterocycles. The van der Waals surface area contributed by atoms with Crippen LogP contribution in [0.5, 0.6) is 5.75 Å². The van der Waals surface area contributed by atoms with Crippen molar-refractivity contribution >= 4 is 27.7 Å². The third-order valence-electron chi connectivity index (χ3n) is 4.38. The van der Waals surface area contributed by atoms with Crippen LogP contribution < -0.4 is 10.4 Å². The average molecular weight is 360 g/mol. The smallest absolute Gasteiger partial charge is 0.338 e. The normalized spacial score (nSPS) is 10.9. The van der Waals surface area contributed by atoms with Crippen LogP contribution in [-0.4, -0.2) is 13.1 Å². The largest absolute Gasteiger partial charge is 0.497 e. The van der Waals surface area contributed by atoms with E-state index in [0.29, 0.717) is 27.8 Å². The highest BCUT2D eigenvalue weighted by Gasteiger charge is 2.12. The summed E-state index contributed by atoms with van der Waals surface area (Å²) in [5, 5.41) is 2.71. The van der Waals surface area contributed by atoms with Gasteiger partial charge in [0.05, 0.1) is 12.7 Å². The summed E-state index contributed by atoms with van der Waals surface area (Å²) in [7, 11) is 1.54. The molecule has 4 aromatic rings. The molecule has 0 bridgehead atoms. The number of rotatable bonds is 4. The summed E-state index contributed by atoms with van der Waals surface area (Å²) in [4.78, 5) is 24.3. The van der Waals surface area contributed by atoms with Crippen LogP contribution in [0.1, 0.15) is 15.9 Å². The standard InChI is InChI=1S/C22H16O5/c1-25-18-8-9-19-17(11-21(23)27-20(19)12-18)13-26-22(24)16-7-6-14-4-2-3-5-15(14)10-16/h2-12H,13H2,1H3. The van der Waals surface area contributed by atoms with Gasteiger partial charge in [-0.15, -0.1) is 0 Å². The second-order valence-corrected chi connectivity index (χ2v) is 6.09. The Morgan fingerprint density at radius 2 is 1.78 bits per heavy atom. The average Bonchev–Trinajstić information content (AvgIpc) is 2.70. The number of carbonyl (C=O) groups excluding carboxylic acids is 1. The van der Waals surface area contributed by atoms with E-state index in [2.05, 4.69) is 0 Å². The molecule has 134 valence electrons. The van der Waals surface area contributed by atoms with Crippen LogP contribution in [0.25, 0.3) is 21.7 Å². The van der Waals surface area contributed by atoms with E-state index in [1.54, 1.807) is 30.3 Å². The summed E-state index contributed by atoms with van der Waals surface area (Å²) < 4.78 is 15.8. The van der Waals surface area contributed by atoms with E-state index in [1.165, 1.54) is 13.2 Å². The number of benzene rings is 3. The van der Waals surface area contributed by atoms with E-state index in [4.69, 9.17) is 13.9 Å². The van der Waals surface area contributed by atoms with Crippen LogP contribution in [-0.2, 0) is 11.3 Å². The zero-order valence-corrected chi connectivity index (χ0v) is 14.6. The Hall–Kier alpha value is -3.60. The Morgan fingerprint density at radius 3 is 2.59 bits per heavy atom. The Labute approximate surface area is 154 Å². The zero-order valence-electron chi connectivity index (χ0n) is 14.6. The van der Waals surface area contributed by atoms with E-state index >= 15 is 0 Å². The molecule has 0 saturated carbocycles. The van der Waals surface area contributed by atoms with Gasteiger partial charge in [0.15, 0.2) is 0 Å². The minimum absolute atomic E-state index is 0.0277. The monoisotopic (exact) mass is 360 g/mol. The number of esters is 1. The summed E-state index contributed by atoms with van der Waals surface area (Å²) in [5.41, 5.74) is 0.923. The predicted octanol–water partition coefficient (Wildman–Crippen LogP) is 4.31. The Kier molecular flexibility index (Phi) is 4.34. The molecule has 0 atom stereocenters. The number of ether oxygens (including phenoxy) is 2. The molecule has 27 heavy (non-hydrogen) atoms. The molecule has 5 heteroatoms. The van der Waals surface area contributed by atoms with Gasteiger partial charge in [-0.05, 0) is 35.0 Å². The summed E-state index contributed by atoms with van der Waals surface area (Å²) in [5.74, 6) is 0.131. The van der Waals surface area contributed by atoms with Gasteiger partial charge in [-0.2, -0.15) is 0 Å². The van der Waals surface area contributed by atoms with Gasteiger partial charge in [-0.1, -0.05) is 30.3 Å². The van der Waals surface area contributed by atoms with Crippen LogP contribution >= 0.6 is 0 Å². The van der Waals surface area contributed by atoms with Crippen molar-refractivity contribution < 1.29 is 18.7 Å². The van der Waals surface area contributed by atoms with E-state index in [-0.39, 0.29) is 6.61 Å². The Morgan fingerprint density at radius 1 is 0.963 bits per heavy atom. The molecule has 0 fully saturated rings. The number of hydrogen-bond donors (Lipinski definition) is 0. The van der Waals surface area contributed by atoms with Crippen molar-refractivity contribution in [3.8, 4) is 5.75 Å². The lowest BCUT2D eigenvalue weighted by atomic mass is 10.1. The van der Waals surface area contributed by atoms with Crippen molar-refractivity contribution in [2.45, 2.75) is 6.61 Å². The maximum atomic E-state index is 12.4. The third-order valence-corrected chi connectivity index (χ3v) is 4.38. The molecule has 0 saturated heterocycles. The Balaban J connectivity index is 1.60. The molecule has 0 aliphatic heterocycles. The van der Waals surface area contributed by atoms with Gasteiger partial charge in [0.1, 0.15) is 17.9 Å². The quantitative estimate of drug-likeness (QED) is 0.401. The number of hydrogen-bond acceptors (Lipinski definition) is 5. The van der Waals surface area contributed by atoms with Gasteiger partial charge in [0.25, 0.3) is 0 Å². The van der Waals surface area contributed by atoms with Crippen molar-refractivity contribution in [1.82, 2.24) is 0 Å². The maximum Gasteiger partial charge on any atom is 0.338 e. The van der Waals surface area contributed by atoms with E-state index < -0.39 is 11.6 Å². The molecule has 0 radical (unpaired) electrons. The number of fused-ring (bicyclic) bond motifs is 2. The van der Waals surface area contributed by atoms with Crippen molar-refractivity contribution in [2.75, 3.05) is 7.11 Å². The second-order valence-electron chi connectivity index (χ2n) is 6.09. The zero-order chi connectivity index (χ0) is 18.8. The van der Waals surface area contributed by atoms with Crippen molar-refractivity contribution in [2.24, 2.45) is 0 Å². The fourth-order valence-corrected chi connectivity index (χ4v) is 3.00. The highest BCUT2D eigenvalue weighted by atomic mass is 16.5. The molecule has 3 aromatic carbocycles. The van der Waals surface area contributed by atoms with E-state index in [1.807, 2.05) is 30.3 Å². The second kappa shape index (κ2) is 6.96. The van der Waals surface area contributed by atoms with Crippen LogP contribution in [0.15, 0.2) is 75.9 Å². The first-order valence-electron chi connectivity index (χ1n) is 8.41. The SMILES string of the molecule is COc1ccc2c(COC(=O)c3ccc4ccccc4c3)cc(=O)oc2c1. The Bertz CT molecular complexity index is 1210. The lowest BCUT2D eigenvalue weighted by Crippen LogP contribution is -2.08. The molecule has 1 aromatic heterocycles. The lowest BCUT2D eigenvalue weighted by molar-refractivity contribution is 0.0474. The molecule has 0 aliphatic rings. The van der Waals surface area contributed by atoms with Gasteiger partial charge in [0.2, 0.25) is 0 Å². The van der Waals surface area contributed by atoms with Crippen molar-refractivity contribution in [3.05, 3.63) is 88.3 Å². The molecule has 0 amide bonds. The van der Waals surface area contributed by atoms with Crippen LogP contribution in [0, 0.1) is 0 Å². The summed E-state index contributed by atoms with van der Waals surface area (Å²) in [6.45, 7) is -0.0277. The van der Waals surface area contributed by atoms with Crippen LogP contribution in [0.3, 0.4) is 0 Å². The molecule has 5 nitrogen and oxygen atoms in total. The summed E-state index contributed by atoms with van der Waals surface area (Å²) >= 11 is 0. The maximum absolute atomic E-state index is 12.4. The molecular formula is C22H16O5. The molecule has 0 spiro atoms. The topological polar surface area (TPSA) is 65.7 Å².